The van der Waals surface area contributed by atoms with Crippen LogP contribution in [0.3, 0.4) is 0 Å². The number of methoxy groups -OCH3 is 1. The van der Waals surface area contributed by atoms with Crippen LogP contribution in [0.25, 0.3) is 0 Å². The van der Waals surface area contributed by atoms with Gasteiger partial charge < -0.3 is 29.9 Å². The highest BCUT2D eigenvalue weighted by Gasteiger charge is 2.31. The first kappa shape index (κ1) is 16.7. The predicted octanol–water partition coefficient (Wildman–Crippen LogP) is -0.733. The average Bonchev–Trinajstić information content (AvgIpc) is 2.43. The molecule has 3 atom stereocenters. The molecular weight excluding hydrogens is 268 g/mol. The third kappa shape index (κ3) is 4.62. The number of hydrogen-bond acceptors (Lipinski definition) is 5. The highest BCUT2D eigenvalue weighted by Crippen LogP contribution is 2.12. The molecule has 2 amide bonds. The molecule has 0 aromatic heterocycles. The summed E-state index contributed by atoms with van der Waals surface area (Å²) in [6, 6.07) is -1.64. The molecule has 20 heavy (non-hydrogen) atoms. The van der Waals surface area contributed by atoms with E-state index in [9.17, 15) is 9.59 Å². The number of urea groups is 1. The highest BCUT2D eigenvalue weighted by atomic mass is 16.5. The number of aliphatic hydroxyl groups is 1. The minimum Gasteiger partial charge on any atom is -0.480 e. The number of carbonyl (C=O) groups is 2. The molecule has 1 aliphatic heterocycles. The molecule has 0 bridgehead atoms. The van der Waals surface area contributed by atoms with E-state index < -0.39 is 24.1 Å². The number of carboxylic acids is 1. The largest absolute Gasteiger partial charge is 0.480 e. The van der Waals surface area contributed by atoms with Gasteiger partial charge in [0.15, 0.2) is 0 Å². The molecule has 1 fully saturated rings. The van der Waals surface area contributed by atoms with E-state index in [0.717, 1.165) is 0 Å². The normalized spacial score (nSPS) is 24.2. The fourth-order valence-corrected chi connectivity index (χ4v) is 1.94. The minimum atomic E-state index is -1.10. The van der Waals surface area contributed by atoms with Crippen LogP contribution in [0.1, 0.15) is 13.3 Å². The Labute approximate surface area is 117 Å². The third-order valence-electron chi connectivity index (χ3n) is 3.18. The number of carbonyl (C=O) groups excluding carboxylic acids is 1. The van der Waals surface area contributed by atoms with Crippen LogP contribution in [0.5, 0.6) is 0 Å². The molecule has 0 radical (unpaired) electrons. The van der Waals surface area contributed by atoms with Gasteiger partial charge in [0.25, 0.3) is 0 Å². The van der Waals surface area contributed by atoms with E-state index in [1.807, 2.05) is 0 Å². The van der Waals surface area contributed by atoms with Crippen molar-refractivity contribution in [3.63, 3.8) is 0 Å². The summed E-state index contributed by atoms with van der Waals surface area (Å²) < 4.78 is 10.2. The minimum absolute atomic E-state index is 0.172. The molecule has 1 rings (SSSR count). The SMILES string of the molecule is COCCC(NC(=O)N1CC(CO)OCC1C)C(=O)O. The number of aliphatic hydroxyl groups excluding tert-OH is 1. The lowest BCUT2D eigenvalue weighted by molar-refractivity contribution is -0.139. The summed E-state index contributed by atoms with van der Waals surface area (Å²) in [7, 11) is 1.47. The van der Waals surface area contributed by atoms with E-state index in [4.69, 9.17) is 19.7 Å². The molecule has 0 aromatic rings. The quantitative estimate of drug-likeness (QED) is 0.595. The summed E-state index contributed by atoms with van der Waals surface area (Å²) >= 11 is 0. The van der Waals surface area contributed by atoms with Crippen LogP contribution in [0, 0.1) is 0 Å². The lowest BCUT2D eigenvalue weighted by atomic mass is 10.2. The zero-order valence-corrected chi connectivity index (χ0v) is 11.7. The molecule has 0 spiro atoms. The molecule has 3 N–H and O–H groups in total. The van der Waals surface area contributed by atoms with Crippen molar-refractivity contribution in [1.29, 1.82) is 0 Å². The molecule has 1 aliphatic rings. The highest BCUT2D eigenvalue weighted by molar-refractivity contribution is 5.82. The van der Waals surface area contributed by atoms with Gasteiger partial charge in [0, 0.05) is 20.1 Å². The van der Waals surface area contributed by atoms with Gasteiger partial charge in [-0.1, -0.05) is 0 Å². The molecule has 8 nitrogen and oxygen atoms in total. The number of amides is 2. The second-order valence-corrected chi connectivity index (χ2v) is 4.76. The lowest BCUT2D eigenvalue weighted by Crippen LogP contribution is -2.57. The average molecular weight is 290 g/mol. The van der Waals surface area contributed by atoms with Gasteiger partial charge in [-0.25, -0.2) is 9.59 Å². The van der Waals surface area contributed by atoms with Crippen LogP contribution in [-0.4, -0.2) is 78.8 Å². The lowest BCUT2D eigenvalue weighted by Gasteiger charge is -2.37. The Hall–Kier alpha value is -1.38. The molecule has 8 heteroatoms. The Balaban J connectivity index is 2.59. The van der Waals surface area contributed by atoms with Gasteiger partial charge in [-0.05, 0) is 6.92 Å². The number of hydrogen-bond donors (Lipinski definition) is 3. The van der Waals surface area contributed by atoms with Crippen molar-refractivity contribution in [3.8, 4) is 0 Å². The number of aliphatic carboxylic acids is 1. The number of morpholine rings is 1. The Kier molecular flexibility index (Phi) is 6.69. The van der Waals surface area contributed by atoms with E-state index in [0.29, 0.717) is 6.61 Å². The summed E-state index contributed by atoms with van der Waals surface area (Å²) in [6.07, 6.45) is -0.237. The number of carboxylic acid groups (broad SMARTS) is 1. The van der Waals surface area contributed by atoms with Crippen LogP contribution in [-0.2, 0) is 14.3 Å². The van der Waals surface area contributed by atoms with Gasteiger partial charge in [0.1, 0.15) is 6.04 Å². The Morgan fingerprint density at radius 2 is 2.25 bits per heavy atom. The molecule has 0 aliphatic carbocycles. The van der Waals surface area contributed by atoms with Gasteiger partial charge in [-0.2, -0.15) is 0 Å². The van der Waals surface area contributed by atoms with Gasteiger partial charge in [0.2, 0.25) is 0 Å². The summed E-state index contributed by atoms with van der Waals surface area (Å²) in [5.74, 6) is -1.10. The summed E-state index contributed by atoms with van der Waals surface area (Å²) in [5.41, 5.74) is 0. The molecule has 116 valence electrons. The monoisotopic (exact) mass is 290 g/mol. The zero-order valence-electron chi connectivity index (χ0n) is 11.7. The fourth-order valence-electron chi connectivity index (χ4n) is 1.94. The topological polar surface area (TPSA) is 108 Å². The second-order valence-electron chi connectivity index (χ2n) is 4.76. The van der Waals surface area contributed by atoms with E-state index in [1.165, 1.54) is 12.0 Å². The summed E-state index contributed by atoms with van der Waals surface area (Å²) in [4.78, 5) is 24.7. The molecule has 1 saturated heterocycles. The van der Waals surface area contributed by atoms with E-state index in [1.54, 1.807) is 6.92 Å². The van der Waals surface area contributed by atoms with Crippen molar-refractivity contribution in [1.82, 2.24) is 10.2 Å². The van der Waals surface area contributed by atoms with Crippen LogP contribution in [0.15, 0.2) is 0 Å². The first-order valence-corrected chi connectivity index (χ1v) is 6.51. The van der Waals surface area contributed by atoms with Crippen molar-refractivity contribution in [2.24, 2.45) is 0 Å². The number of nitrogens with zero attached hydrogens (tertiary/aromatic N) is 1. The Morgan fingerprint density at radius 3 is 2.80 bits per heavy atom. The number of nitrogens with one attached hydrogen (secondary N) is 1. The molecule has 0 saturated carbocycles. The van der Waals surface area contributed by atoms with Crippen LogP contribution in [0.2, 0.25) is 0 Å². The number of rotatable bonds is 6. The van der Waals surface area contributed by atoms with Crippen molar-refractivity contribution in [3.05, 3.63) is 0 Å². The van der Waals surface area contributed by atoms with Gasteiger partial charge in [-0.3, -0.25) is 0 Å². The molecule has 1 heterocycles. The Bertz CT molecular complexity index is 338. The van der Waals surface area contributed by atoms with Crippen LogP contribution in [0.4, 0.5) is 4.79 Å². The predicted molar refractivity (Wildman–Crippen MR) is 69.4 cm³/mol. The number of ether oxygens (including phenoxy) is 2. The maximum atomic E-state index is 12.1. The van der Waals surface area contributed by atoms with Crippen LogP contribution >= 0.6 is 0 Å². The third-order valence-corrected chi connectivity index (χ3v) is 3.18. The van der Waals surface area contributed by atoms with Gasteiger partial charge >= 0.3 is 12.0 Å². The van der Waals surface area contributed by atoms with E-state index >= 15 is 0 Å². The van der Waals surface area contributed by atoms with Gasteiger partial charge in [-0.15, -0.1) is 0 Å². The molecule has 3 unspecified atom stereocenters. The van der Waals surface area contributed by atoms with Crippen molar-refractivity contribution in [2.75, 3.05) is 33.5 Å². The first-order chi connectivity index (χ1) is 9.49. The smallest absolute Gasteiger partial charge is 0.326 e. The maximum absolute atomic E-state index is 12.1. The second kappa shape index (κ2) is 8.03. The molecular formula is C12H22N2O6. The van der Waals surface area contributed by atoms with Gasteiger partial charge in [0.05, 0.1) is 31.9 Å². The summed E-state index contributed by atoms with van der Waals surface area (Å²) in [6.45, 7) is 2.42. The van der Waals surface area contributed by atoms with E-state index in [-0.39, 0.29) is 32.2 Å². The zero-order chi connectivity index (χ0) is 15.1. The van der Waals surface area contributed by atoms with Crippen LogP contribution < -0.4 is 5.32 Å². The summed E-state index contributed by atoms with van der Waals surface area (Å²) in [5, 5.41) is 20.6. The standard InChI is InChI=1S/C12H22N2O6/c1-8-7-20-9(6-15)5-14(8)12(18)13-10(11(16)17)3-4-19-2/h8-10,15H,3-7H2,1-2H3,(H,13,18)(H,16,17). The maximum Gasteiger partial charge on any atom is 0.326 e. The van der Waals surface area contributed by atoms with Crippen molar-refractivity contribution in [2.45, 2.75) is 31.5 Å². The van der Waals surface area contributed by atoms with Crippen molar-refractivity contribution >= 4 is 12.0 Å². The first-order valence-electron chi connectivity index (χ1n) is 6.51. The molecule has 0 aromatic carbocycles. The fraction of sp³-hybridized carbons (Fsp3) is 0.833. The van der Waals surface area contributed by atoms with E-state index in [2.05, 4.69) is 5.32 Å². The van der Waals surface area contributed by atoms with Crippen molar-refractivity contribution < 1.29 is 29.3 Å². The Morgan fingerprint density at radius 1 is 1.55 bits per heavy atom.